The SMILES string of the molecule is CCOc1ccnc(N2CCCN(C(=O)c3cnn(-c4ccccc4)c3)CC2)n1. The van der Waals surface area contributed by atoms with E-state index < -0.39 is 0 Å². The van der Waals surface area contributed by atoms with Crippen molar-refractivity contribution in [3.05, 3.63) is 60.6 Å². The number of ether oxygens (including phenoxy) is 1. The summed E-state index contributed by atoms with van der Waals surface area (Å²) in [5.74, 6) is 1.21. The van der Waals surface area contributed by atoms with Crippen LogP contribution in [0.1, 0.15) is 23.7 Å². The number of carbonyl (C=O) groups excluding carboxylic acids is 1. The monoisotopic (exact) mass is 392 g/mol. The first-order valence-electron chi connectivity index (χ1n) is 9.85. The standard InChI is InChI=1S/C21H24N6O2/c1-2-29-19-9-10-22-21(24-19)26-12-6-11-25(13-14-26)20(28)17-15-23-27(16-17)18-7-4-3-5-8-18/h3-5,7-10,15-16H,2,6,11-14H2,1H3. The third kappa shape index (κ3) is 4.37. The molecule has 1 amide bonds. The molecule has 1 aliphatic rings. The van der Waals surface area contributed by atoms with Gasteiger partial charge in [-0.3, -0.25) is 4.79 Å². The number of nitrogens with zero attached hydrogens (tertiary/aromatic N) is 6. The highest BCUT2D eigenvalue weighted by Gasteiger charge is 2.23. The van der Waals surface area contributed by atoms with E-state index in [9.17, 15) is 4.79 Å². The molecule has 0 unspecified atom stereocenters. The summed E-state index contributed by atoms with van der Waals surface area (Å²) in [5.41, 5.74) is 1.52. The van der Waals surface area contributed by atoms with Gasteiger partial charge in [-0.05, 0) is 25.5 Å². The molecule has 0 bridgehead atoms. The minimum absolute atomic E-state index is 0.00184. The summed E-state index contributed by atoms with van der Waals surface area (Å²) in [5, 5.41) is 4.34. The molecule has 2 aromatic heterocycles. The fraction of sp³-hybridized carbons (Fsp3) is 0.333. The molecule has 0 N–H and O–H groups in total. The van der Waals surface area contributed by atoms with Crippen LogP contribution in [0.5, 0.6) is 5.88 Å². The molecule has 0 aliphatic carbocycles. The number of hydrogen-bond acceptors (Lipinski definition) is 6. The van der Waals surface area contributed by atoms with Crippen molar-refractivity contribution in [3.63, 3.8) is 0 Å². The van der Waals surface area contributed by atoms with Gasteiger partial charge in [0.15, 0.2) is 0 Å². The van der Waals surface area contributed by atoms with Gasteiger partial charge in [-0.1, -0.05) is 18.2 Å². The van der Waals surface area contributed by atoms with E-state index in [1.165, 1.54) is 0 Å². The molecule has 4 rings (SSSR count). The van der Waals surface area contributed by atoms with Crippen LogP contribution in [0.25, 0.3) is 5.69 Å². The summed E-state index contributed by atoms with van der Waals surface area (Å²) >= 11 is 0. The fourth-order valence-electron chi connectivity index (χ4n) is 3.37. The van der Waals surface area contributed by atoms with Crippen molar-refractivity contribution in [2.45, 2.75) is 13.3 Å². The van der Waals surface area contributed by atoms with Crippen LogP contribution < -0.4 is 9.64 Å². The largest absolute Gasteiger partial charge is 0.478 e. The molecule has 1 aliphatic heterocycles. The van der Waals surface area contributed by atoms with E-state index >= 15 is 0 Å². The van der Waals surface area contributed by atoms with E-state index in [1.54, 1.807) is 29.3 Å². The summed E-state index contributed by atoms with van der Waals surface area (Å²) in [7, 11) is 0. The van der Waals surface area contributed by atoms with Crippen LogP contribution in [0.3, 0.4) is 0 Å². The number of para-hydroxylation sites is 1. The van der Waals surface area contributed by atoms with E-state index in [0.29, 0.717) is 43.6 Å². The highest BCUT2D eigenvalue weighted by atomic mass is 16.5. The Balaban J connectivity index is 1.43. The van der Waals surface area contributed by atoms with E-state index in [4.69, 9.17) is 4.74 Å². The molecular formula is C21H24N6O2. The van der Waals surface area contributed by atoms with Gasteiger partial charge in [0, 0.05) is 44.6 Å². The molecule has 1 saturated heterocycles. The molecule has 8 heteroatoms. The van der Waals surface area contributed by atoms with Gasteiger partial charge >= 0.3 is 0 Å². The first-order valence-corrected chi connectivity index (χ1v) is 9.85. The summed E-state index contributed by atoms with van der Waals surface area (Å²) in [4.78, 5) is 25.8. The van der Waals surface area contributed by atoms with Crippen molar-refractivity contribution in [3.8, 4) is 11.6 Å². The molecule has 1 fully saturated rings. The summed E-state index contributed by atoms with van der Waals surface area (Å²) < 4.78 is 7.20. The maximum atomic E-state index is 13.0. The zero-order valence-electron chi connectivity index (χ0n) is 16.4. The quantitative estimate of drug-likeness (QED) is 0.664. The average molecular weight is 392 g/mol. The van der Waals surface area contributed by atoms with Crippen molar-refractivity contribution >= 4 is 11.9 Å². The Morgan fingerprint density at radius 3 is 2.79 bits per heavy atom. The van der Waals surface area contributed by atoms with Crippen molar-refractivity contribution < 1.29 is 9.53 Å². The highest BCUT2D eigenvalue weighted by Crippen LogP contribution is 2.16. The number of anilines is 1. The lowest BCUT2D eigenvalue weighted by atomic mass is 10.3. The van der Waals surface area contributed by atoms with Gasteiger partial charge < -0.3 is 14.5 Å². The Labute approximate surface area is 169 Å². The molecule has 8 nitrogen and oxygen atoms in total. The second kappa shape index (κ2) is 8.72. The number of aromatic nitrogens is 4. The third-order valence-electron chi connectivity index (χ3n) is 4.83. The lowest BCUT2D eigenvalue weighted by molar-refractivity contribution is 0.0767. The van der Waals surface area contributed by atoms with Gasteiger partial charge in [0.05, 0.1) is 24.1 Å². The highest BCUT2D eigenvalue weighted by molar-refractivity contribution is 5.93. The Hall–Kier alpha value is -3.42. The van der Waals surface area contributed by atoms with Crippen LogP contribution in [-0.4, -0.2) is 63.3 Å². The van der Waals surface area contributed by atoms with Crippen LogP contribution in [0.15, 0.2) is 55.0 Å². The lowest BCUT2D eigenvalue weighted by Gasteiger charge is -2.22. The van der Waals surface area contributed by atoms with Gasteiger partial charge in [-0.15, -0.1) is 0 Å². The number of hydrogen-bond donors (Lipinski definition) is 0. The molecule has 0 radical (unpaired) electrons. The Morgan fingerprint density at radius 2 is 1.97 bits per heavy atom. The first-order chi connectivity index (χ1) is 14.2. The normalized spacial score (nSPS) is 14.5. The summed E-state index contributed by atoms with van der Waals surface area (Å²) in [6.45, 7) is 5.26. The van der Waals surface area contributed by atoms with Gasteiger partial charge in [0.1, 0.15) is 0 Å². The smallest absolute Gasteiger partial charge is 0.257 e. The third-order valence-corrected chi connectivity index (χ3v) is 4.83. The van der Waals surface area contributed by atoms with Gasteiger partial charge in [0.25, 0.3) is 5.91 Å². The van der Waals surface area contributed by atoms with Crippen LogP contribution in [0.2, 0.25) is 0 Å². The molecule has 0 saturated carbocycles. The molecule has 3 heterocycles. The van der Waals surface area contributed by atoms with Crippen molar-refractivity contribution in [2.75, 3.05) is 37.7 Å². The first kappa shape index (κ1) is 18.9. The average Bonchev–Trinajstić information content (AvgIpc) is 3.12. The predicted molar refractivity (Wildman–Crippen MR) is 109 cm³/mol. The molecule has 150 valence electrons. The Kier molecular flexibility index (Phi) is 5.69. The molecule has 0 spiro atoms. The van der Waals surface area contributed by atoms with Crippen molar-refractivity contribution in [1.29, 1.82) is 0 Å². The van der Waals surface area contributed by atoms with Crippen LogP contribution in [0, 0.1) is 0 Å². The second-order valence-corrected chi connectivity index (χ2v) is 6.77. The lowest BCUT2D eigenvalue weighted by Crippen LogP contribution is -2.35. The second-order valence-electron chi connectivity index (χ2n) is 6.77. The maximum absolute atomic E-state index is 13.0. The fourth-order valence-corrected chi connectivity index (χ4v) is 3.37. The van der Waals surface area contributed by atoms with Crippen molar-refractivity contribution in [2.24, 2.45) is 0 Å². The van der Waals surface area contributed by atoms with E-state index in [-0.39, 0.29) is 5.91 Å². The van der Waals surface area contributed by atoms with E-state index in [0.717, 1.165) is 18.7 Å². The van der Waals surface area contributed by atoms with Gasteiger partial charge in [-0.2, -0.15) is 10.1 Å². The van der Waals surface area contributed by atoms with Crippen LogP contribution >= 0.6 is 0 Å². The summed E-state index contributed by atoms with van der Waals surface area (Å²) in [6.07, 6.45) is 5.97. The van der Waals surface area contributed by atoms with Crippen molar-refractivity contribution in [1.82, 2.24) is 24.6 Å². The topological polar surface area (TPSA) is 76.4 Å². The molecule has 3 aromatic rings. The maximum Gasteiger partial charge on any atom is 0.257 e. The van der Waals surface area contributed by atoms with E-state index in [2.05, 4.69) is 20.0 Å². The molecular weight excluding hydrogens is 368 g/mol. The molecule has 1 aromatic carbocycles. The number of carbonyl (C=O) groups is 1. The number of amides is 1. The van der Waals surface area contributed by atoms with Gasteiger partial charge in [0.2, 0.25) is 11.8 Å². The zero-order valence-corrected chi connectivity index (χ0v) is 16.4. The minimum atomic E-state index is -0.00184. The Morgan fingerprint density at radius 1 is 1.10 bits per heavy atom. The Bertz CT molecular complexity index is 959. The molecule has 0 atom stereocenters. The van der Waals surface area contributed by atoms with Crippen LogP contribution in [0.4, 0.5) is 5.95 Å². The van der Waals surface area contributed by atoms with E-state index in [1.807, 2.05) is 42.2 Å². The number of rotatable bonds is 5. The van der Waals surface area contributed by atoms with Gasteiger partial charge in [-0.25, -0.2) is 9.67 Å². The number of benzene rings is 1. The zero-order chi connectivity index (χ0) is 20.1. The predicted octanol–water partition coefficient (Wildman–Crippen LogP) is 2.41. The van der Waals surface area contributed by atoms with Crippen LogP contribution in [-0.2, 0) is 0 Å². The summed E-state index contributed by atoms with van der Waals surface area (Å²) in [6, 6.07) is 11.5. The minimum Gasteiger partial charge on any atom is -0.478 e. The molecule has 29 heavy (non-hydrogen) atoms.